The molecule has 1 saturated heterocycles. The lowest BCUT2D eigenvalue weighted by Crippen LogP contribution is -2.28. The van der Waals surface area contributed by atoms with E-state index in [0.29, 0.717) is 26.9 Å². The van der Waals surface area contributed by atoms with E-state index in [1.165, 1.54) is 23.9 Å². The standard InChI is InChI=1S/C14H12Cl3N3O2S/c15-7-3-9(17)10(4-8(7)16)19-12(21)5-11-13(22)20-14(23-11)18-6-1-2-6/h3-4,6,11H,1-2,5H2,(H,19,21)(H,18,20,22)/t11-/m1/s1. The molecule has 3 rings (SSSR count). The highest BCUT2D eigenvalue weighted by molar-refractivity contribution is 8.15. The van der Waals surface area contributed by atoms with Gasteiger partial charge in [-0.3, -0.25) is 14.6 Å². The van der Waals surface area contributed by atoms with Crippen LogP contribution in [0.15, 0.2) is 17.1 Å². The number of hydrogen-bond donors (Lipinski definition) is 2. The average molecular weight is 393 g/mol. The summed E-state index contributed by atoms with van der Waals surface area (Å²) >= 11 is 19.1. The molecule has 9 heteroatoms. The first kappa shape index (κ1) is 16.9. The maximum atomic E-state index is 12.1. The van der Waals surface area contributed by atoms with Gasteiger partial charge in [-0.2, -0.15) is 0 Å². The molecular weight excluding hydrogens is 381 g/mol. The average Bonchev–Trinajstić information content (AvgIpc) is 3.21. The van der Waals surface area contributed by atoms with Gasteiger partial charge in [-0.15, -0.1) is 0 Å². The zero-order chi connectivity index (χ0) is 16.6. The lowest BCUT2D eigenvalue weighted by Gasteiger charge is -2.10. The summed E-state index contributed by atoms with van der Waals surface area (Å²) in [5, 5.41) is 6.34. The van der Waals surface area contributed by atoms with Crippen LogP contribution in [0.3, 0.4) is 0 Å². The van der Waals surface area contributed by atoms with Crippen molar-refractivity contribution < 1.29 is 9.59 Å². The summed E-state index contributed by atoms with van der Waals surface area (Å²) in [4.78, 5) is 28.4. The lowest BCUT2D eigenvalue weighted by atomic mass is 10.2. The Morgan fingerprint density at radius 2 is 1.96 bits per heavy atom. The van der Waals surface area contributed by atoms with Gasteiger partial charge in [-0.1, -0.05) is 46.6 Å². The number of benzene rings is 1. The third-order valence-electron chi connectivity index (χ3n) is 3.28. The molecule has 2 aliphatic rings. The Labute approximate surface area is 152 Å². The minimum atomic E-state index is -0.492. The molecule has 1 saturated carbocycles. The van der Waals surface area contributed by atoms with E-state index in [0.717, 1.165) is 12.8 Å². The van der Waals surface area contributed by atoms with Crippen LogP contribution in [0, 0.1) is 0 Å². The summed E-state index contributed by atoms with van der Waals surface area (Å²) in [6.45, 7) is 0. The van der Waals surface area contributed by atoms with Crippen molar-refractivity contribution in [3.8, 4) is 0 Å². The summed E-state index contributed by atoms with van der Waals surface area (Å²) in [5.74, 6) is -0.532. The molecule has 0 bridgehead atoms. The van der Waals surface area contributed by atoms with Crippen molar-refractivity contribution in [3.63, 3.8) is 0 Å². The molecule has 2 fully saturated rings. The number of anilines is 1. The van der Waals surface area contributed by atoms with Crippen LogP contribution in [0.5, 0.6) is 0 Å². The van der Waals surface area contributed by atoms with Gasteiger partial charge in [0.05, 0.1) is 26.8 Å². The molecule has 1 aliphatic heterocycles. The maximum Gasteiger partial charge on any atom is 0.240 e. The van der Waals surface area contributed by atoms with Gasteiger partial charge in [-0.25, -0.2) is 0 Å². The van der Waals surface area contributed by atoms with Crippen LogP contribution in [0.4, 0.5) is 5.69 Å². The number of hydrogen-bond acceptors (Lipinski definition) is 4. The fourth-order valence-electron chi connectivity index (χ4n) is 1.96. The fraction of sp³-hybridized carbons (Fsp3) is 0.357. The van der Waals surface area contributed by atoms with Gasteiger partial charge in [0.15, 0.2) is 5.17 Å². The van der Waals surface area contributed by atoms with E-state index in [2.05, 4.69) is 15.6 Å². The number of halogens is 3. The van der Waals surface area contributed by atoms with Gasteiger partial charge in [0, 0.05) is 6.42 Å². The van der Waals surface area contributed by atoms with Crippen molar-refractivity contribution in [1.82, 2.24) is 5.32 Å². The van der Waals surface area contributed by atoms with Crippen LogP contribution in [0.2, 0.25) is 15.1 Å². The fourth-order valence-corrected chi connectivity index (χ4v) is 3.59. The van der Waals surface area contributed by atoms with Gasteiger partial charge >= 0.3 is 0 Å². The molecule has 23 heavy (non-hydrogen) atoms. The first-order valence-corrected chi connectivity index (χ1v) is 8.93. The second-order valence-electron chi connectivity index (χ2n) is 5.26. The van der Waals surface area contributed by atoms with Gasteiger partial charge < -0.3 is 10.6 Å². The molecule has 1 aliphatic carbocycles. The van der Waals surface area contributed by atoms with Gasteiger partial charge in [0.25, 0.3) is 0 Å². The number of amides is 2. The Bertz CT molecular complexity index is 707. The Morgan fingerprint density at radius 3 is 2.65 bits per heavy atom. The highest BCUT2D eigenvalue weighted by Crippen LogP contribution is 2.33. The van der Waals surface area contributed by atoms with Gasteiger partial charge in [-0.05, 0) is 25.0 Å². The van der Waals surface area contributed by atoms with Crippen molar-refractivity contribution in [2.75, 3.05) is 5.32 Å². The molecule has 0 spiro atoms. The molecule has 1 aromatic rings. The number of rotatable bonds is 4. The topological polar surface area (TPSA) is 70.6 Å². The monoisotopic (exact) mass is 391 g/mol. The number of aliphatic imine (C=N–C) groups is 1. The molecule has 0 radical (unpaired) electrons. The largest absolute Gasteiger partial charge is 0.325 e. The van der Waals surface area contributed by atoms with E-state index in [-0.39, 0.29) is 23.3 Å². The van der Waals surface area contributed by atoms with Crippen LogP contribution >= 0.6 is 46.6 Å². The van der Waals surface area contributed by atoms with E-state index in [1.54, 1.807) is 0 Å². The van der Waals surface area contributed by atoms with E-state index in [9.17, 15) is 9.59 Å². The summed E-state index contributed by atoms with van der Waals surface area (Å²) in [5.41, 5.74) is 0.362. The highest BCUT2D eigenvalue weighted by atomic mass is 35.5. The Hall–Kier alpha value is -0.950. The Morgan fingerprint density at radius 1 is 1.26 bits per heavy atom. The normalized spacial score (nSPS) is 22.3. The summed E-state index contributed by atoms with van der Waals surface area (Å²) in [6.07, 6.45) is 2.14. The van der Waals surface area contributed by atoms with Crippen molar-refractivity contribution in [3.05, 3.63) is 27.2 Å². The quantitative estimate of drug-likeness (QED) is 0.767. The summed E-state index contributed by atoms with van der Waals surface area (Å²) < 4.78 is 0. The predicted octanol–water partition coefficient (Wildman–Crippen LogP) is 3.73. The smallest absolute Gasteiger partial charge is 0.240 e. The molecule has 2 N–H and O–H groups in total. The zero-order valence-electron chi connectivity index (χ0n) is 11.7. The molecule has 0 unspecified atom stereocenters. The summed E-state index contributed by atoms with van der Waals surface area (Å²) in [6, 6.07) is 3.25. The van der Waals surface area contributed by atoms with Crippen LogP contribution in [0.1, 0.15) is 19.3 Å². The maximum absolute atomic E-state index is 12.1. The van der Waals surface area contributed by atoms with Crippen LogP contribution in [-0.4, -0.2) is 28.3 Å². The molecule has 0 aromatic heterocycles. The van der Waals surface area contributed by atoms with Crippen molar-refractivity contribution in [2.24, 2.45) is 4.99 Å². The minimum absolute atomic E-state index is 0.0246. The lowest BCUT2D eigenvalue weighted by molar-refractivity contribution is -0.122. The molecule has 1 atom stereocenters. The second kappa shape index (κ2) is 6.89. The Balaban J connectivity index is 1.61. The molecule has 5 nitrogen and oxygen atoms in total. The molecule has 122 valence electrons. The number of nitrogens with zero attached hydrogens (tertiary/aromatic N) is 1. The van der Waals surface area contributed by atoms with E-state index in [4.69, 9.17) is 34.8 Å². The van der Waals surface area contributed by atoms with Crippen LogP contribution < -0.4 is 10.6 Å². The van der Waals surface area contributed by atoms with Gasteiger partial charge in [0.1, 0.15) is 5.25 Å². The van der Waals surface area contributed by atoms with Crippen LogP contribution in [0.25, 0.3) is 0 Å². The highest BCUT2D eigenvalue weighted by Gasteiger charge is 2.33. The van der Waals surface area contributed by atoms with E-state index < -0.39 is 5.25 Å². The molecule has 1 aromatic carbocycles. The van der Waals surface area contributed by atoms with Crippen molar-refractivity contribution in [1.29, 1.82) is 0 Å². The number of nitrogens with one attached hydrogen (secondary N) is 2. The third-order valence-corrected chi connectivity index (χ3v) is 5.41. The number of amidine groups is 1. The van der Waals surface area contributed by atoms with Crippen molar-refractivity contribution in [2.45, 2.75) is 30.6 Å². The summed E-state index contributed by atoms with van der Waals surface area (Å²) in [7, 11) is 0. The number of thioether (sulfide) groups is 1. The predicted molar refractivity (Wildman–Crippen MR) is 94.7 cm³/mol. The third kappa shape index (κ3) is 4.32. The number of carbonyl (C=O) groups excluding carboxylic acids is 2. The van der Waals surface area contributed by atoms with E-state index >= 15 is 0 Å². The minimum Gasteiger partial charge on any atom is -0.325 e. The first-order chi connectivity index (χ1) is 10.9. The second-order valence-corrected chi connectivity index (χ2v) is 7.67. The zero-order valence-corrected chi connectivity index (χ0v) is 14.8. The molecule has 1 heterocycles. The van der Waals surface area contributed by atoms with Gasteiger partial charge in [0.2, 0.25) is 11.8 Å². The Kier molecular flexibility index (Phi) is 5.06. The first-order valence-electron chi connectivity index (χ1n) is 6.92. The van der Waals surface area contributed by atoms with Crippen LogP contribution in [-0.2, 0) is 9.59 Å². The SMILES string of the molecule is O=C(C[C@H]1SC(=NC2CC2)NC1=O)Nc1cc(Cl)c(Cl)cc1Cl. The molecular formula is C14H12Cl3N3O2S. The van der Waals surface area contributed by atoms with Crippen molar-refractivity contribution >= 4 is 69.2 Å². The number of carbonyl (C=O) groups is 2. The molecule has 2 amide bonds. The van der Waals surface area contributed by atoms with E-state index in [1.807, 2.05) is 0 Å².